The number of nitrogens with one attached hydrogen (secondary N) is 1. The van der Waals surface area contributed by atoms with Crippen molar-refractivity contribution in [2.75, 3.05) is 11.9 Å². The smallest absolute Gasteiger partial charge is 0.380 e. The van der Waals surface area contributed by atoms with E-state index in [0.29, 0.717) is 36.9 Å². The molecule has 1 fully saturated rings. The summed E-state index contributed by atoms with van der Waals surface area (Å²) in [5, 5.41) is 12.7. The predicted molar refractivity (Wildman–Crippen MR) is 95.7 cm³/mol. The fraction of sp³-hybridized carbons (Fsp3) is 0.529. The van der Waals surface area contributed by atoms with E-state index in [1.165, 1.54) is 18.2 Å². The Bertz CT molecular complexity index is 726. The zero-order valence-electron chi connectivity index (χ0n) is 14.4. The summed E-state index contributed by atoms with van der Waals surface area (Å²) in [6, 6.07) is 3.52. The lowest BCUT2D eigenvalue weighted by molar-refractivity contribution is -0.254. The fourth-order valence-electron chi connectivity index (χ4n) is 2.80. The third-order valence-electron chi connectivity index (χ3n) is 4.42. The van der Waals surface area contributed by atoms with E-state index in [9.17, 15) is 27.9 Å². The molecule has 5 nitrogen and oxygen atoms in total. The summed E-state index contributed by atoms with van der Waals surface area (Å²) in [5.74, 6) is -1.46. The molecule has 1 aliphatic heterocycles. The summed E-state index contributed by atoms with van der Waals surface area (Å²) in [6.07, 6.45) is -4.56. The lowest BCUT2D eigenvalue weighted by Gasteiger charge is -2.36. The van der Waals surface area contributed by atoms with Gasteiger partial charge < -0.3 is 15.3 Å². The van der Waals surface area contributed by atoms with Crippen LogP contribution >= 0.6 is 23.2 Å². The van der Waals surface area contributed by atoms with Gasteiger partial charge in [0.1, 0.15) is 6.04 Å². The summed E-state index contributed by atoms with van der Waals surface area (Å²) in [7, 11) is 0. The third-order valence-corrected chi connectivity index (χ3v) is 5.16. The summed E-state index contributed by atoms with van der Waals surface area (Å²) in [5.41, 5.74) is -2.80. The fourth-order valence-corrected chi connectivity index (χ4v) is 3.10. The topological polar surface area (TPSA) is 69.6 Å². The Morgan fingerprint density at radius 1 is 1.26 bits per heavy atom. The molecule has 0 radical (unpaired) electrons. The molecule has 150 valence electrons. The number of nitrogens with zero attached hydrogens (tertiary/aromatic N) is 1. The molecule has 1 aromatic rings. The van der Waals surface area contributed by atoms with Crippen molar-refractivity contribution in [1.82, 2.24) is 4.90 Å². The van der Waals surface area contributed by atoms with Crippen LogP contribution in [0.15, 0.2) is 18.2 Å². The average Bonchev–Trinajstić information content (AvgIpc) is 2.56. The quantitative estimate of drug-likeness (QED) is 0.763. The van der Waals surface area contributed by atoms with Crippen molar-refractivity contribution in [3.63, 3.8) is 0 Å². The highest BCUT2D eigenvalue weighted by atomic mass is 35.5. The number of alkyl halides is 3. The minimum Gasteiger partial charge on any atom is -0.380 e. The molecule has 2 amide bonds. The van der Waals surface area contributed by atoms with Gasteiger partial charge in [0.2, 0.25) is 11.8 Å². The first-order valence-electron chi connectivity index (χ1n) is 8.27. The van der Waals surface area contributed by atoms with E-state index in [4.69, 9.17) is 23.2 Å². The van der Waals surface area contributed by atoms with Crippen molar-refractivity contribution in [1.29, 1.82) is 0 Å². The van der Waals surface area contributed by atoms with Crippen molar-refractivity contribution >= 4 is 40.7 Å². The van der Waals surface area contributed by atoms with Gasteiger partial charge in [-0.15, -0.1) is 0 Å². The first kappa shape index (κ1) is 21.8. The van der Waals surface area contributed by atoms with E-state index in [1.807, 2.05) is 0 Å². The molecular formula is C17H19Cl2F3N2O3. The number of rotatable bonds is 4. The van der Waals surface area contributed by atoms with E-state index in [-0.39, 0.29) is 11.6 Å². The lowest BCUT2D eigenvalue weighted by atomic mass is 9.96. The third kappa shape index (κ3) is 5.27. The second-order valence-electron chi connectivity index (χ2n) is 6.67. The molecular weight excluding hydrogens is 408 g/mol. The number of carbonyl (C=O) groups excluding carboxylic acids is 2. The molecule has 27 heavy (non-hydrogen) atoms. The molecule has 0 saturated carbocycles. The van der Waals surface area contributed by atoms with Gasteiger partial charge in [-0.1, -0.05) is 23.2 Å². The molecule has 0 spiro atoms. The first-order chi connectivity index (χ1) is 12.4. The van der Waals surface area contributed by atoms with Gasteiger partial charge in [0.05, 0.1) is 16.5 Å². The van der Waals surface area contributed by atoms with E-state index in [1.54, 1.807) is 0 Å². The number of aliphatic hydroxyl groups is 1. The molecule has 1 saturated heterocycles. The minimum atomic E-state index is -4.95. The maximum absolute atomic E-state index is 12.9. The average molecular weight is 427 g/mol. The van der Waals surface area contributed by atoms with Crippen LogP contribution in [-0.4, -0.2) is 46.2 Å². The Kier molecular flexibility index (Phi) is 6.65. The molecule has 0 bridgehead atoms. The van der Waals surface area contributed by atoms with Gasteiger partial charge in [-0.25, -0.2) is 0 Å². The molecule has 0 aromatic heterocycles. The molecule has 2 rings (SSSR count). The number of halogens is 5. The molecule has 2 N–H and O–H groups in total. The summed E-state index contributed by atoms with van der Waals surface area (Å²) in [4.78, 5) is 26.0. The molecule has 2 atom stereocenters. The van der Waals surface area contributed by atoms with Gasteiger partial charge in [-0.05, 0) is 44.4 Å². The normalized spacial score (nSPS) is 20.1. The molecule has 10 heteroatoms. The number of amides is 2. The van der Waals surface area contributed by atoms with Crippen LogP contribution in [0.3, 0.4) is 0 Å². The van der Waals surface area contributed by atoms with Crippen molar-refractivity contribution in [3.05, 3.63) is 28.2 Å². The van der Waals surface area contributed by atoms with E-state index < -0.39 is 36.1 Å². The number of likely N-dealkylation sites (tertiary alicyclic amines) is 1. The lowest BCUT2D eigenvalue weighted by Crippen LogP contribution is -2.53. The van der Waals surface area contributed by atoms with Crippen LogP contribution in [-0.2, 0) is 9.59 Å². The van der Waals surface area contributed by atoms with E-state index in [0.717, 1.165) is 4.90 Å². The number of benzene rings is 1. The molecule has 0 unspecified atom stereocenters. The van der Waals surface area contributed by atoms with E-state index in [2.05, 4.69) is 5.32 Å². The van der Waals surface area contributed by atoms with Crippen LogP contribution in [0.2, 0.25) is 10.0 Å². The Morgan fingerprint density at radius 2 is 1.93 bits per heavy atom. The van der Waals surface area contributed by atoms with Gasteiger partial charge in [-0.2, -0.15) is 13.2 Å². The van der Waals surface area contributed by atoms with Crippen molar-refractivity contribution in [3.8, 4) is 0 Å². The number of hydrogen-bond donors (Lipinski definition) is 2. The van der Waals surface area contributed by atoms with Gasteiger partial charge in [0.15, 0.2) is 5.60 Å². The van der Waals surface area contributed by atoms with Crippen LogP contribution in [0.5, 0.6) is 0 Å². The summed E-state index contributed by atoms with van der Waals surface area (Å²) in [6.45, 7) is 0.686. The zero-order chi connectivity index (χ0) is 20.4. The van der Waals surface area contributed by atoms with Crippen molar-refractivity contribution < 1.29 is 27.9 Å². The van der Waals surface area contributed by atoms with Crippen LogP contribution < -0.4 is 5.32 Å². The Hall–Kier alpha value is -1.51. The minimum absolute atomic E-state index is 0.145. The second-order valence-corrected chi connectivity index (χ2v) is 7.48. The highest BCUT2D eigenvalue weighted by molar-refractivity contribution is 6.42. The van der Waals surface area contributed by atoms with Crippen LogP contribution in [0.1, 0.15) is 32.6 Å². The van der Waals surface area contributed by atoms with Crippen molar-refractivity contribution in [2.45, 2.75) is 50.4 Å². The van der Waals surface area contributed by atoms with E-state index >= 15 is 0 Å². The van der Waals surface area contributed by atoms with Gasteiger partial charge in [-0.3, -0.25) is 9.59 Å². The van der Waals surface area contributed by atoms with Gasteiger partial charge in [0.25, 0.3) is 0 Å². The van der Waals surface area contributed by atoms with Crippen LogP contribution in [0.25, 0.3) is 0 Å². The summed E-state index contributed by atoms with van der Waals surface area (Å²) >= 11 is 11.7. The molecule has 1 heterocycles. The summed E-state index contributed by atoms with van der Waals surface area (Å²) < 4.78 is 38.6. The monoisotopic (exact) mass is 426 g/mol. The molecule has 0 aliphatic carbocycles. The van der Waals surface area contributed by atoms with Crippen LogP contribution in [0, 0.1) is 0 Å². The maximum atomic E-state index is 12.9. The number of anilines is 1. The predicted octanol–water partition coefficient (Wildman–Crippen LogP) is 4.02. The van der Waals surface area contributed by atoms with Crippen molar-refractivity contribution in [2.24, 2.45) is 0 Å². The zero-order valence-corrected chi connectivity index (χ0v) is 16.0. The molecule has 1 aliphatic rings. The number of carbonyl (C=O) groups is 2. The molecule has 1 aromatic carbocycles. The number of hydrogen-bond acceptors (Lipinski definition) is 3. The Labute approximate surface area is 164 Å². The Balaban J connectivity index is 2.12. The largest absolute Gasteiger partial charge is 0.417 e. The SMILES string of the molecule is C[C@](O)(CC(=O)N1CCCC[C@@H]1C(=O)Nc1ccc(Cl)c(Cl)c1)C(F)(F)F. The maximum Gasteiger partial charge on any atom is 0.417 e. The van der Waals surface area contributed by atoms with Gasteiger partial charge in [0, 0.05) is 12.2 Å². The van der Waals surface area contributed by atoms with Gasteiger partial charge >= 0.3 is 6.18 Å². The standard InChI is InChI=1S/C17H19Cl2F3N2O3/c1-16(27,17(20,21)22)9-14(25)24-7-3-2-4-13(24)15(26)23-10-5-6-11(18)12(19)8-10/h5-6,8,13,27H,2-4,7,9H2,1H3,(H,23,26)/t13-,16+/m1/s1. The van der Waals surface area contributed by atoms with Crippen LogP contribution in [0.4, 0.5) is 18.9 Å². The first-order valence-corrected chi connectivity index (χ1v) is 9.02. The highest BCUT2D eigenvalue weighted by Gasteiger charge is 2.52. The number of piperidine rings is 1. The second kappa shape index (κ2) is 8.24. The highest BCUT2D eigenvalue weighted by Crippen LogP contribution is 2.34. The Morgan fingerprint density at radius 3 is 2.52 bits per heavy atom.